The average molecular weight is 901 g/mol. The molecule has 0 atom stereocenters. The van der Waals surface area contributed by atoms with E-state index < -0.39 is 8.32 Å². The van der Waals surface area contributed by atoms with Crippen LogP contribution < -0.4 is 15.6 Å². The van der Waals surface area contributed by atoms with Gasteiger partial charge in [0.05, 0.1) is 0 Å². The lowest BCUT2D eigenvalue weighted by Crippen LogP contribution is -2.67. The van der Waals surface area contributed by atoms with Crippen LogP contribution in [-0.2, 0) is 0 Å². The van der Waals surface area contributed by atoms with E-state index >= 15 is 4.80 Å². The van der Waals surface area contributed by atoms with Gasteiger partial charge in [-0.1, -0.05) is 146 Å². The summed E-state index contributed by atoms with van der Waals surface area (Å²) in [5.74, 6) is 0. The highest BCUT2D eigenvalue weighted by Crippen LogP contribution is 2.38. The van der Waals surface area contributed by atoms with Gasteiger partial charge in [0.25, 0.3) is 8.32 Å². The molecule has 338 valence electrons. The van der Waals surface area contributed by atoms with E-state index in [2.05, 4.69) is 247 Å². The van der Waals surface area contributed by atoms with Gasteiger partial charge in [-0.2, -0.15) is 0 Å². The fourth-order valence-corrected chi connectivity index (χ4v) is 14.7. The van der Waals surface area contributed by atoms with Crippen molar-refractivity contribution in [3.63, 3.8) is 0 Å². The second-order valence-corrected chi connectivity index (χ2v) is 22.9. The average Bonchev–Trinajstić information content (AvgIpc) is 3.28. The standard InChI is InChI=1S/C66H64OSi/c1-40-19-13-20-41(2)61(40)52-31-53(62-42(3)21-14-22-43(62)4)35-58(34-52)68(67,59-36-54(63-44(5)23-15-24-45(63)6)32-55(37-59)64-46(7)25-16-26-47(64)8)60-38-56(65-48(9)27-17-28-49(65)10)33-57(39-60)66-50(11)29-18-30-51(66)12/h13-39,67H,1-12H3. The van der Waals surface area contributed by atoms with E-state index in [-0.39, 0.29) is 0 Å². The van der Waals surface area contributed by atoms with Gasteiger partial charge in [0.1, 0.15) is 0 Å². The summed E-state index contributed by atoms with van der Waals surface area (Å²) in [7, 11) is -4.07. The molecule has 0 spiro atoms. The number of hydrogen-bond donors (Lipinski definition) is 1. The molecular weight excluding hydrogens is 837 g/mol. The van der Waals surface area contributed by atoms with Crippen LogP contribution in [0.2, 0.25) is 0 Å². The maximum absolute atomic E-state index is 15.2. The highest BCUT2D eigenvalue weighted by atomic mass is 28.4. The van der Waals surface area contributed by atoms with Crippen molar-refractivity contribution < 1.29 is 4.80 Å². The van der Waals surface area contributed by atoms with Crippen molar-refractivity contribution in [3.8, 4) is 66.8 Å². The van der Waals surface area contributed by atoms with Crippen molar-refractivity contribution in [2.24, 2.45) is 0 Å². The van der Waals surface area contributed by atoms with Crippen LogP contribution in [0.25, 0.3) is 66.8 Å². The van der Waals surface area contributed by atoms with Crippen molar-refractivity contribution in [3.05, 3.63) is 231 Å². The molecule has 0 saturated carbocycles. The fourth-order valence-electron chi connectivity index (χ4n) is 11.5. The van der Waals surface area contributed by atoms with Gasteiger partial charge >= 0.3 is 0 Å². The number of rotatable bonds is 9. The number of hydrogen-bond acceptors (Lipinski definition) is 1. The predicted octanol–water partition coefficient (Wildman–Crippen LogP) is 15.3. The molecule has 9 aromatic rings. The lowest BCUT2D eigenvalue weighted by molar-refractivity contribution is 0.583. The van der Waals surface area contributed by atoms with Gasteiger partial charge in [0, 0.05) is 0 Å². The van der Waals surface area contributed by atoms with Gasteiger partial charge in [-0.05, 0) is 250 Å². The fraction of sp³-hybridized carbons (Fsp3) is 0.182. The maximum atomic E-state index is 15.2. The molecule has 0 radical (unpaired) electrons. The first-order valence-corrected chi connectivity index (χ1v) is 26.1. The Balaban J connectivity index is 1.50. The molecule has 0 aliphatic rings. The zero-order valence-corrected chi connectivity index (χ0v) is 43.0. The highest BCUT2D eigenvalue weighted by Gasteiger charge is 2.41. The maximum Gasteiger partial charge on any atom is 0.285 e. The van der Waals surface area contributed by atoms with Crippen LogP contribution in [0.4, 0.5) is 0 Å². The van der Waals surface area contributed by atoms with Crippen LogP contribution in [0.15, 0.2) is 164 Å². The lowest BCUT2D eigenvalue weighted by atomic mass is 9.90. The van der Waals surface area contributed by atoms with Crippen molar-refractivity contribution in [1.29, 1.82) is 0 Å². The van der Waals surface area contributed by atoms with Gasteiger partial charge in [-0.3, -0.25) is 0 Å². The highest BCUT2D eigenvalue weighted by molar-refractivity contribution is 7.06. The summed E-state index contributed by atoms with van der Waals surface area (Å²) in [4.78, 5) is 15.2. The summed E-state index contributed by atoms with van der Waals surface area (Å²) < 4.78 is 0. The predicted molar refractivity (Wildman–Crippen MR) is 296 cm³/mol. The largest absolute Gasteiger partial charge is 0.421 e. The minimum atomic E-state index is -4.07. The second-order valence-electron chi connectivity index (χ2n) is 19.7. The summed E-state index contributed by atoms with van der Waals surface area (Å²) in [6, 6.07) is 60.6. The summed E-state index contributed by atoms with van der Waals surface area (Å²) in [6.45, 7) is 26.6. The van der Waals surface area contributed by atoms with E-state index in [1.54, 1.807) is 0 Å². The first-order chi connectivity index (χ1) is 32.5. The Hall–Kier alpha value is -6.84. The third kappa shape index (κ3) is 8.31. The smallest absolute Gasteiger partial charge is 0.285 e. The Morgan fingerprint density at radius 2 is 0.353 bits per heavy atom. The molecule has 0 aromatic heterocycles. The summed E-state index contributed by atoms with van der Waals surface area (Å²) >= 11 is 0. The molecule has 0 saturated heterocycles. The van der Waals surface area contributed by atoms with Gasteiger partial charge < -0.3 is 4.80 Å². The van der Waals surface area contributed by atoms with Crippen molar-refractivity contribution >= 4 is 23.9 Å². The minimum absolute atomic E-state index is 0.951. The van der Waals surface area contributed by atoms with E-state index in [0.717, 1.165) is 48.9 Å². The molecule has 9 rings (SSSR count). The summed E-state index contributed by atoms with van der Waals surface area (Å²) in [5.41, 5.74) is 28.5. The van der Waals surface area contributed by atoms with Gasteiger partial charge in [0.2, 0.25) is 0 Å². The molecule has 0 heterocycles. The first kappa shape index (κ1) is 46.3. The lowest BCUT2D eigenvalue weighted by Gasteiger charge is -2.31. The van der Waals surface area contributed by atoms with Crippen molar-refractivity contribution in [2.45, 2.75) is 83.1 Å². The van der Waals surface area contributed by atoms with Crippen LogP contribution in [0.3, 0.4) is 0 Å². The molecule has 1 N–H and O–H groups in total. The molecule has 9 aromatic carbocycles. The molecule has 2 heteroatoms. The zero-order chi connectivity index (χ0) is 48.2. The van der Waals surface area contributed by atoms with E-state index in [0.29, 0.717) is 0 Å². The van der Waals surface area contributed by atoms with Gasteiger partial charge in [0.15, 0.2) is 0 Å². The van der Waals surface area contributed by atoms with Crippen molar-refractivity contribution in [2.75, 3.05) is 0 Å². The van der Waals surface area contributed by atoms with E-state index in [1.807, 2.05) is 0 Å². The van der Waals surface area contributed by atoms with Gasteiger partial charge in [-0.25, -0.2) is 0 Å². The molecule has 0 aliphatic carbocycles. The second kappa shape index (κ2) is 18.3. The van der Waals surface area contributed by atoms with Crippen LogP contribution in [0.5, 0.6) is 0 Å². The minimum Gasteiger partial charge on any atom is -0.421 e. The third-order valence-electron chi connectivity index (χ3n) is 14.7. The van der Waals surface area contributed by atoms with Crippen LogP contribution in [-0.4, -0.2) is 13.1 Å². The Labute approximate surface area is 407 Å². The van der Waals surface area contributed by atoms with Gasteiger partial charge in [-0.15, -0.1) is 0 Å². The number of benzene rings is 9. The van der Waals surface area contributed by atoms with Crippen LogP contribution >= 0.6 is 0 Å². The topological polar surface area (TPSA) is 20.2 Å². The van der Waals surface area contributed by atoms with Crippen LogP contribution in [0, 0.1) is 83.1 Å². The van der Waals surface area contributed by atoms with E-state index in [9.17, 15) is 0 Å². The van der Waals surface area contributed by atoms with E-state index in [1.165, 1.54) is 100 Å². The third-order valence-corrected chi connectivity index (χ3v) is 18.0. The van der Waals surface area contributed by atoms with Crippen molar-refractivity contribution in [1.82, 2.24) is 0 Å². The molecule has 0 aliphatic heterocycles. The monoisotopic (exact) mass is 900 g/mol. The van der Waals surface area contributed by atoms with E-state index in [4.69, 9.17) is 0 Å². The Kier molecular flexibility index (Phi) is 12.5. The Bertz CT molecular complexity index is 2750. The first-order valence-electron chi connectivity index (χ1n) is 24.1. The normalized spacial score (nSPS) is 11.6. The Morgan fingerprint density at radius 1 is 0.221 bits per heavy atom. The SMILES string of the molecule is Cc1cccc(C)c1-c1cc(-c2c(C)cccc2C)cc([Si](O)(c2cc(-c3c(C)cccc3C)cc(-c3c(C)cccc3C)c2)c2cc(-c3c(C)cccc3C)cc(-c3c(C)cccc3C)c2)c1. The molecule has 68 heavy (non-hydrogen) atoms. The van der Waals surface area contributed by atoms with Crippen LogP contribution in [0.1, 0.15) is 66.8 Å². The zero-order valence-electron chi connectivity index (χ0n) is 42.0. The molecule has 0 unspecified atom stereocenters. The molecule has 0 fully saturated rings. The summed E-state index contributed by atoms with van der Waals surface area (Å²) in [5, 5.41) is 2.85. The Morgan fingerprint density at radius 3 is 0.485 bits per heavy atom. The molecule has 0 amide bonds. The molecular formula is C66H64OSi. The number of aryl methyl sites for hydroxylation is 12. The summed E-state index contributed by atoms with van der Waals surface area (Å²) in [6.07, 6.45) is 0. The molecule has 1 nitrogen and oxygen atoms in total. The molecule has 0 bridgehead atoms. The quantitative estimate of drug-likeness (QED) is 0.113.